The fraction of sp³-hybridized carbons (Fsp3) is 0.571. The third-order valence-corrected chi connectivity index (χ3v) is 5.18. The Bertz CT molecular complexity index is 536. The number of nitrogens with one attached hydrogen (secondary N) is 1. The van der Waals surface area contributed by atoms with Crippen LogP contribution in [-0.2, 0) is 10.0 Å². The van der Waals surface area contributed by atoms with Crippen molar-refractivity contribution >= 4 is 10.0 Å². The molecule has 1 aliphatic rings. The number of hydrogen-bond donors (Lipinski definition) is 2. The summed E-state index contributed by atoms with van der Waals surface area (Å²) in [5, 5.41) is 0. The fourth-order valence-electron chi connectivity index (χ4n) is 2.39. The molecule has 0 heterocycles. The molecule has 19 heavy (non-hydrogen) atoms. The van der Waals surface area contributed by atoms with Crippen LogP contribution in [0.4, 0.5) is 0 Å². The predicted molar refractivity (Wildman–Crippen MR) is 76.5 cm³/mol. The first kappa shape index (κ1) is 14.5. The van der Waals surface area contributed by atoms with Crippen LogP contribution in [0.3, 0.4) is 0 Å². The van der Waals surface area contributed by atoms with Gasteiger partial charge in [-0.05, 0) is 43.7 Å². The van der Waals surface area contributed by atoms with Crippen molar-refractivity contribution in [1.82, 2.24) is 4.72 Å². The Hall–Kier alpha value is -0.910. The summed E-state index contributed by atoms with van der Waals surface area (Å²) in [6.45, 7) is 3.96. The molecule has 0 amide bonds. The summed E-state index contributed by atoms with van der Waals surface area (Å²) in [6.07, 6.45) is 2.70. The molecule has 0 radical (unpaired) electrons. The van der Waals surface area contributed by atoms with Gasteiger partial charge in [0.2, 0.25) is 10.0 Å². The van der Waals surface area contributed by atoms with E-state index in [0.717, 1.165) is 24.8 Å². The van der Waals surface area contributed by atoms with Gasteiger partial charge in [0.25, 0.3) is 0 Å². The van der Waals surface area contributed by atoms with Crippen LogP contribution >= 0.6 is 0 Å². The SMILES string of the molecule is CCC(c1ccccc1S(=O)(=O)NC1CC1)C(C)N. The van der Waals surface area contributed by atoms with Gasteiger partial charge in [0.05, 0.1) is 4.90 Å². The van der Waals surface area contributed by atoms with Crippen LogP contribution < -0.4 is 10.5 Å². The highest BCUT2D eigenvalue weighted by Gasteiger charge is 2.30. The normalized spacial score (nSPS) is 19.1. The van der Waals surface area contributed by atoms with Crippen molar-refractivity contribution in [2.45, 2.75) is 56.0 Å². The summed E-state index contributed by atoms with van der Waals surface area (Å²) in [5.41, 5.74) is 6.82. The van der Waals surface area contributed by atoms with Crippen LogP contribution in [0.5, 0.6) is 0 Å². The van der Waals surface area contributed by atoms with Crippen molar-refractivity contribution < 1.29 is 8.42 Å². The predicted octanol–water partition coefficient (Wildman–Crippen LogP) is 1.97. The quantitative estimate of drug-likeness (QED) is 0.838. The Balaban J connectivity index is 2.39. The van der Waals surface area contributed by atoms with Gasteiger partial charge in [-0.25, -0.2) is 13.1 Å². The smallest absolute Gasteiger partial charge is 0.241 e. The molecular formula is C14H22N2O2S. The van der Waals surface area contributed by atoms with E-state index >= 15 is 0 Å². The van der Waals surface area contributed by atoms with Crippen LogP contribution in [0, 0.1) is 0 Å². The summed E-state index contributed by atoms with van der Waals surface area (Å²) in [5.74, 6) is 0.0620. The minimum absolute atomic E-state index is 0.0620. The number of nitrogens with two attached hydrogens (primary N) is 1. The van der Waals surface area contributed by atoms with Crippen molar-refractivity contribution in [1.29, 1.82) is 0 Å². The van der Waals surface area contributed by atoms with Gasteiger partial charge >= 0.3 is 0 Å². The number of rotatable bonds is 6. The zero-order valence-electron chi connectivity index (χ0n) is 11.5. The Labute approximate surface area is 115 Å². The van der Waals surface area contributed by atoms with Gasteiger partial charge in [0.15, 0.2) is 0 Å². The van der Waals surface area contributed by atoms with E-state index in [0.29, 0.717) is 4.90 Å². The lowest BCUT2D eigenvalue weighted by Gasteiger charge is -2.22. The molecule has 1 fully saturated rings. The zero-order chi connectivity index (χ0) is 14.0. The second kappa shape index (κ2) is 5.61. The molecule has 5 heteroatoms. The maximum atomic E-state index is 12.4. The summed E-state index contributed by atoms with van der Waals surface area (Å²) in [7, 11) is -3.42. The number of sulfonamides is 1. The van der Waals surface area contributed by atoms with Gasteiger partial charge in [-0.2, -0.15) is 0 Å². The first-order chi connectivity index (χ1) is 8.95. The van der Waals surface area contributed by atoms with E-state index in [4.69, 9.17) is 5.73 Å². The molecule has 1 aromatic rings. The van der Waals surface area contributed by atoms with E-state index in [2.05, 4.69) is 4.72 Å². The summed E-state index contributed by atoms with van der Waals surface area (Å²) in [4.78, 5) is 0.381. The molecule has 0 bridgehead atoms. The Morgan fingerprint density at radius 3 is 2.53 bits per heavy atom. The van der Waals surface area contributed by atoms with Crippen LogP contribution in [0.25, 0.3) is 0 Å². The van der Waals surface area contributed by atoms with Crippen molar-refractivity contribution in [3.8, 4) is 0 Å². The maximum absolute atomic E-state index is 12.4. The molecule has 0 aromatic heterocycles. The molecule has 0 saturated heterocycles. The van der Waals surface area contributed by atoms with Gasteiger partial charge in [-0.3, -0.25) is 0 Å². The van der Waals surface area contributed by atoms with Crippen molar-refractivity contribution in [2.24, 2.45) is 5.73 Å². The summed E-state index contributed by atoms with van der Waals surface area (Å²) in [6, 6.07) is 7.23. The van der Waals surface area contributed by atoms with E-state index < -0.39 is 10.0 Å². The fourth-order valence-corrected chi connectivity index (χ4v) is 3.98. The van der Waals surface area contributed by atoms with Crippen LogP contribution in [0.1, 0.15) is 44.6 Å². The molecule has 2 unspecified atom stereocenters. The molecule has 1 aliphatic carbocycles. The second-order valence-corrected chi connectivity index (χ2v) is 6.99. The lowest BCUT2D eigenvalue weighted by atomic mass is 9.90. The molecule has 2 atom stereocenters. The van der Waals surface area contributed by atoms with E-state index in [1.165, 1.54) is 0 Å². The third kappa shape index (κ3) is 3.35. The van der Waals surface area contributed by atoms with E-state index in [1.807, 2.05) is 26.0 Å². The van der Waals surface area contributed by atoms with Gasteiger partial charge in [-0.15, -0.1) is 0 Å². The summed E-state index contributed by atoms with van der Waals surface area (Å²) >= 11 is 0. The zero-order valence-corrected chi connectivity index (χ0v) is 12.3. The van der Waals surface area contributed by atoms with E-state index in [-0.39, 0.29) is 18.0 Å². The van der Waals surface area contributed by atoms with E-state index in [9.17, 15) is 8.42 Å². The molecule has 2 rings (SSSR count). The molecule has 1 saturated carbocycles. The molecule has 0 aliphatic heterocycles. The first-order valence-corrected chi connectivity index (χ1v) is 8.31. The van der Waals surface area contributed by atoms with Crippen molar-refractivity contribution in [3.63, 3.8) is 0 Å². The number of benzene rings is 1. The van der Waals surface area contributed by atoms with Crippen LogP contribution in [0.15, 0.2) is 29.2 Å². The molecule has 0 spiro atoms. The van der Waals surface area contributed by atoms with Gasteiger partial charge in [0, 0.05) is 12.1 Å². The Morgan fingerprint density at radius 2 is 2.00 bits per heavy atom. The van der Waals surface area contributed by atoms with Crippen LogP contribution in [0.2, 0.25) is 0 Å². The first-order valence-electron chi connectivity index (χ1n) is 6.82. The molecule has 106 valence electrons. The topological polar surface area (TPSA) is 72.2 Å². The average molecular weight is 282 g/mol. The highest BCUT2D eigenvalue weighted by atomic mass is 32.2. The van der Waals surface area contributed by atoms with Crippen molar-refractivity contribution in [3.05, 3.63) is 29.8 Å². The van der Waals surface area contributed by atoms with Gasteiger partial charge < -0.3 is 5.73 Å². The van der Waals surface area contributed by atoms with Gasteiger partial charge in [-0.1, -0.05) is 25.1 Å². The largest absolute Gasteiger partial charge is 0.327 e. The maximum Gasteiger partial charge on any atom is 0.241 e. The second-order valence-electron chi connectivity index (χ2n) is 5.31. The highest BCUT2D eigenvalue weighted by Crippen LogP contribution is 2.30. The highest BCUT2D eigenvalue weighted by molar-refractivity contribution is 7.89. The molecule has 1 aromatic carbocycles. The lowest BCUT2D eigenvalue weighted by Crippen LogP contribution is -2.30. The summed E-state index contributed by atoms with van der Waals surface area (Å²) < 4.78 is 27.5. The Kier molecular flexibility index (Phi) is 4.28. The minimum atomic E-state index is -3.42. The Morgan fingerprint density at radius 1 is 1.37 bits per heavy atom. The molecule has 4 nitrogen and oxygen atoms in total. The van der Waals surface area contributed by atoms with Crippen LogP contribution in [-0.4, -0.2) is 20.5 Å². The third-order valence-electron chi connectivity index (χ3n) is 3.58. The molecule has 3 N–H and O–H groups in total. The average Bonchev–Trinajstić information content (AvgIpc) is 3.13. The lowest BCUT2D eigenvalue weighted by molar-refractivity contribution is 0.537. The van der Waals surface area contributed by atoms with Crippen molar-refractivity contribution in [2.75, 3.05) is 0 Å². The van der Waals surface area contributed by atoms with E-state index in [1.54, 1.807) is 12.1 Å². The molecular weight excluding hydrogens is 260 g/mol. The monoisotopic (exact) mass is 282 g/mol. The number of hydrogen-bond acceptors (Lipinski definition) is 3. The standard InChI is InChI=1S/C14H22N2O2S/c1-3-12(10(2)15)13-6-4-5-7-14(13)19(17,18)16-11-8-9-11/h4-7,10-12,16H,3,8-9,15H2,1-2H3. The minimum Gasteiger partial charge on any atom is -0.327 e. The van der Waals surface area contributed by atoms with Gasteiger partial charge in [0.1, 0.15) is 0 Å².